The average Bonchev–Trinajstić information content (AvgIpc) is 3.13. The lowest BCUT2D eigenvalue weighted by atomic mass is 10.0. The molecule has 4 N–H and O–H groups in total. The largest absolute Gasteiger partial charge is 0.506 e. The number of phenolic OH excluding ortho intramolecular Hbond substituents is 1. The molecule has 4 rings (SSSR count). The van der Waals surface area contributed by atoms with Gasteiger partial charge in [0.25, 0.3) is 5.91 Å². The zero-order chi connectivity index (χ0) is 22.0. The Labute approximate surface area is 189 Å². The molecule has 1 atom stereocenters. The minimum absolute atomic E-state index is 0.0690. The zero-order valence-corrected chi connectivity index (χ0v) is 17.9. The highest BCUT2D eigenvalue weighted by Gasteiger charge is 2.15. The monoisotopic (exact) mass is 454 g/mol. The second-order valence-electron chi connectivity index (χ2n) is 7.33. The van der Waals surface area contributed by atoms with Crippen LogP contribution in [0.2, 0.25) is 0 Å². The van der Waals surface area contributed by atoms with Crippen molar-refractivity contribution in [3.8, 4) is 5.75 Å². The van der Waals surface area contributed by atoms with Gasteiger partial charge >= 0.3 is 0 Å². The number of hydrogen-bond acceptors (Lipinski definition) is 4. The molecule has 3 aromatic rings. The summed E-state index contributed by atoms with van der Waals surface area (Å²) in [6, 6.07) is 12.2. The van der Waals surface area contributed by atoms with Gasteiger partial charge in [0.1, 0.15) is 5.75 Å². The number of phenols is 1. The number of fused-ring (bicyclic) bond motifs is 1. The van der Waals surface area contributed by atoms with Crippen molar-refractivity contribution in [1.82, 2.24) is 9.99 Å². The summed E-state index contributed by atoms with van der Waals surface area (Å²) < 4.78 is 2.16. The lowest BCUT2D eigenvalue weighted by molar-refractivity contribution is 0.0955. The fourth-order valence-corrected chi connectivity index (χ4v) is 4.28. The Bertz CT molecular complexity index is 1240. The lowest BCUT2D eigenvalue weighted by Crippen LogP contribution is -2.17. The van der Waals surface area contributed by atoms with E-state index < -0.39 is 5.91 Å². The van der Waals surface area contributed by atoms with Crippen molar-refractivity contribution in [3.63, 3.8) is 0 Å². The number of hydrazone groups is 1. The van der Waals surface area contributed by atoms with Crippen LogP contribution in [0.25, 0.3) is 10.9 Å². The van der Waals surface area contributed by atoms with Gasteiger partial charge in [0.2, 0.25) is 0 Å². The molecule has 0 bridgehead atoms. The van der Waals surface area contributed by atoms with E-state index in [0.717, 1.165) is 34.5 Å². The number of aromatic nitrogens is 1. The van der Waals surface area contributed by atoms with Gasteiger partial charge in [-0.05, 0) is 42.8 Å². The van der Waals surface area contributed by atoms with Gasteiger partial charge in [-0.1, -0.05) is 41.4 Å². The van der Waals surface area contributed by atoms with Crippen LogP contribution in [0.15, 0.2) is 76.0 Å². The lowest BCUT2D eigenvalue weighted by Gasteiger charge is -2.18. The van der Waals surface area contributed by atoms with E-state index in [2.05, 4.69) is 15.1 Å². The molecule has 1 aromatic heterocycles. The Kier molecular flexibility index (Phi) is 6.02. The number of hydrogen-bond donors (Lipinski definition) is 3. The predicted octanol–water partition coefficient (Wildman–Crippen LogP) is 4.96. The number of carbonyl (C=O) groups is 1. The number of nitrogens with one attached hydrogen (secondary N) is 1. The van der Waals surface area contributed by atoms with Crippen molar-refractivity contribution >= 4 is 51.9 Å². The average molecular weight is 455 g/mol. The van der Waals surface area contributed by atoms with Gasteiger partial charge in [0.15, 0.2) is 0 Å². The number of halogens is 2. The number of amides is 1. The molecule has 0 aliphatic heterocycles. The van der Waals surface area contributed by atoms with E-state index in [0.29, 0.717) is 10.6 Å². The molecule has 0 radical (unpaired) electrons. The van der Waals surface area contributed by atoms with Gasteiger partial charge in [-0.2, -0.15) is 5.10 Å². The van der Waals surface area contributed by atoms with Crippen molar-refractivity contribution in [2.45, 2.75) is 13.0 Å². The van der Waals surface area contributed by atoms with Crippen LogP contribution in [0.5, 0.6) is 5.75 Å². The van der Waals surface area contributed by atoms with Crippen LogP contribution in [0.4, 0.5) is 5.69 Å². The maximum absolute atomic E-state index is 12.2. The summed E-state index contributed by atoms with van der Waals surface area (Å²) in [5.74, 6) is -0.269. The molecule has 1 heterocycles. The first kappa shape index (κ1) is 21.0. The summed E-state index contributed by atoms with van der Waals surface area (Å²) >= 11 is 12.3. The van der Waals surface area contributed by atoms with Gasteiger partial charge < -0.3 is 15.4 Å². The summed E-state index contributed by atoms with van der Waals surface area (Å²) in [6.45, 7) is 0.753. The Hall–Kier alpha value is -3.22. The molecule has 1 aliphatic rings. The third-order valence-corrected chi connectivity index (χ3v) is 5.58. The Balaban J connectivity index is 1.49. The molecule has 1 unspecified atom stereocenters. The molecule has 0 spiro atoms. The van der Waals surface area contributed by atoms with Crippen molar-refractivity contribution < 1.29 is 9.90 Å². The molecule has 1 aliphatic carbocycles. The van der Waals surface area contributed by atoms with Crippen LogP contribution in [-0.2, 0) is 6.54 Å². The highest BCUT2D eigenvalue weighted by molar-refractivity contribution is 6.34. The number of benzene rings is 2. The van der Waals surface area contributed by atoms with Crippen LogP contribution in [0.3, 0.4) is 0 Å². The van der Waals surface area contributed by atoms with Crippen molar-refractivity contribution in [2.75, 3.05) is 5.73 Å². The number of nitrogen functional groups attached to an aromatic ring is 1. The van der Waals surface area contributed by atoms with Gasteiger partial charge in [-0.15, -0.1) is 0 Å². The van der Waals surface area contributed by atoms with Crippen molar-refractivity contribution in [2.24, 2.45) is 11.0 Å². The Morgan fingerprint density at radius 2 is 2.13 bits per heavy atom. The van der Waals surface area contributed by atoms with Crippen LogP contribution in [-0.4, -0.2) is 21.8 Å². The second-order valence-corrected chi connectivity index (χ2v) is 8.25. The van der Waals surface area contributed by atoms with Crippen LogP contribution < -0.4 is 11.2 Å². The molecule has 2 aromatic carbocycles. The number of allylic oxidation sites excluding steroid dienone is 4. The minimum Gasteiger partial charge on any atom is -0.506 e. The zero-order valence-electron chi connectivity index (χ0n) is 16.4. The van der Waals surface area contributed by atoms with Crippen LogP contribution >= 0.6 is 23.2 Å². The summed E-state index contributed by atoms with van der Waals surface area (Å²) in [5, 5.41) is 16.0. The Morgan fingerprint density at radius 1 is 1.29 bits per heavy atom. The number of rotatable bonds is 5. The van der Waals surface area contributed by atoms with Crippen molar-refractivity contribution in [3.05, 3.63) is 82.0 Å². The van der Waals surface area contributed by atoms with E-state index in [1.807, 2.05) is 36.5 Å². The van der Waals surface area contributed by atoms with E-state index in [1.54, 1.807) is 12.3 Å². The fraction of sp³-hybridized carbons (Fsp3) is 0.130. The Morgan fingerprint density at radius 3 is 2.90 bits per heavy atom. The standard InChI is InChI=1S/C23H20Cl2N4O2/c24-17-8-14(9-18(25)11-17)13-29-7-6-19-16(2-1-3-21(19)29)12-27-28-23(31)15-4-5-22(30)20(26)10-15/h1-8,10-12,14,30H,9,13,26H2,(H,28,31)/b27-12+. The number of aromatic hydroxyl groups is 1. The molecule has 0 saturated heterocycles. The fourth-order valence-electron chi connectivity index (χ4n) is 3.60. The second kappa shape index (κ2) is 8.88. The third kappa shape index (κ3) is 4.76. The molecule has 1 amide bonds. The normalized spacial score (nSPS) is 16.4. The number of carbonyl (C=O) groups excluding carboxylic acids is 1. The maximum atomic E-state index is 12.2. The first-order chi connectivity index (χ1) is 14.9. The maximum Gasteiger partial charge on any atom is 0.271 e. The summed E-state index contributed by atoms with van der Waals surface area (Å²) in [7, 11) is 0. The molecule has 6 nitrogen and oxygen atoms in total. The van der Waals surface area contributed by atoms with E-state index in [9.17, 15) is 9.90 Å². The summed E-state index contributed by atoms with van der Waals surface area (Å²) in [6.07, 6.45) is 8.18. The topological polar surface area (TPSA) is 92.6 Å². The first-order valence-corrected chi connectivity index (χ1v) is 10.4. The summed E-state index contributed by atoms with van der Waals surface area (Å²) in [4.78, 5) is 12.2. The number of nitrogens with zero attached hydrogens (tertiary/aromatic N) is 2. The van der Waals surface area contributed by atoms with E-state index in [1.165, 1.54) is 18.2 Å². The first-order valence-electron chi connectivity index (χ1n) is 9.64. The molecule has 0 fully saturated rings. The smallest absolute Gasteiger partial charge is 0.271 e. The molecular formula is C23H20Cl2N4O2. The van der Waals surface area contributed by atoms with Gasteiger partial charge in [-0.25, -0.2) is 5.43 Å². The summed E-state index contributed by atoms with van der Waals surface area (Å²) in [5.41, 5.74) is 10.5. The van der Waals surface area contributed by atoms with Gasteiger partial charge in [0, 0.05) is 50.8 Å². The van der Waals surface area contributed by atoms with Crippen LogP contribution in [0.1, 0.15) is 22.3 Å². The highest BCUT2D eigenvalue weighted by atomic mass is 35.5. The van der Waals surface area contributed by atoms with E-state index in [-0.39, 0.29) is 17.4 Å². The van der Waals surface area contributed by atoms with Crippen LogP contribution in [0, 0.1) is 5.92 Å². The molecular weight excluding hydrogens is 435 g/mol. The molecule has 0 saturated carbocycles. The third-order valence-electron chi connectivity index (χ3n) is 5.08. The molecule has 31 heavy (non-hydrogen) atoms. The quantitative estimate of drug-likeness (QED) is 0.220. The minimum atomic E-state index is -0.418. The SMILES string of the molecule is Nc1cc(C(=O)N/N=C/c2cccc3c2ccn3CC2C=C(Cl)C=C(Cl)C2)ccc1O. The van der Waals surface area contributed by atoms with Crippen molar-refractivity contribution in [1.29, 1.82) is 0 Å². The number of nitrogens with two attached hydrogens (primary N) is 1. The molecule has 8 heteroatoms. The van der Waals surface area contributed by atoms with E-state index >= 15 is 0 Å². The predicted molar refractivity (Wildman–Crippen MR) is 125 cm³/mol. The highest BCUT2D eigenvalue weighted by Crippen LogP contribution is 2.29. The molecule has 158 valence electrons. The number of anilines is 1. The van der Waals surface area contributed by atoms with Gasteiger partial charge in [0.05, 0.1) is 11.9 Å². The van der Waals surface area contributed by atoms with Gasteiger partial charge in [-0.3, -0.25) is 4.79 Å². The van der Waals surface area contributed by atoms with E-state index in [4.69, 9.17) is 28.9 Å².